The van der Waals surface area contributed by atoms with Crippen molar-refractivity contribution in [2.24, 2.45) is 0 Å². The topological polar surface area (TPSA) is 56.1 Å². The molecule has 1 N–H and O–H groups in total. The van der Waals surface area contributed by atoms with Crippen molar-refractivity contribution in [1.29, 1.82) is 0 Å². The fraction of sp³-hybridized carbons (Fsp3) is 0.333. The second-order valence-electron chi connectivity index (χ2n) is 4.85. The number of rotatable bonds is 5. The molecule has 0 aliphatic heterocycles. The Morgan fingerprint density at radius 3 is 2.68 bits per heavy atom. The maximum Gasteiger partial charge on any atom is 0.282 e. The first-order valence-corrected chi connectivity index (χ1v) is 6.71. The molecule has 1 atom stereocenters. The number of aryl methyl sites for hydroxylation is 1. The molecule has 1 aromatic carbocycles. The van der Waals surface area contributed by atoms with E-state index in [0.717, 1.165) is 0 Å². The van der Waals surface area contributed by atoms with Gasteiger partial charge in [0, 0.05) is 17.4 Å². The number of amides is 1. The van der Waals surface area contributed by atoms with Gasteiger partial charge in [-0.2, -0.15) is 5.10 Å². The second-order valence-corrected chi connectivity index (χ2v) is 4.85. The molecule has 1 unspecified atom stereocenters. The van der Waals surface area contributed by atoms with E-state index in [1.807, 2.05) is 0 Å². The Kier molecular flexibility index (Phi) is 4.75. The quantitative estimate of drug-likeness (QED) is 0.921. The molecule has 0 saturated heterocycles. The van der Waals surface area contributed by atoms with E-state index < -0.39 is 12.5 Å². The zero-order chi connectivity index (χ0) is 16.3. The molecule has 5 nitrogen and oxygen atoms in total. The van der Waals surface area contributed by atoms with E-state index >= 15 is 0 Å². The third-order valence-electron chi connectivity index (χ3n) is 3.25. The van der Waals surface area contributed by atoms with Crippen molar-refractivity contribution >= 4 is 11.6 Å². The number of hydrogen-bond donors (Lipinski definition) is 1. The molecule has 0 bridgehead atoms. The molecule has 2 rings (SSSR count). The largest absolute Gasteiger partial charge is 0.497 e. The fourth-order valence-corrected chi connectivity index (χ4v) is 2.07. The van der Waals surface area contributed by atoms with Gasteiger partial charge in [-0.15, -0.1) is 0 Å². The van der Waals surface area contributed by atoms with Gasteiger partial charge < -0.3 is 10.1 Å². The number of nitrogens with zero attached hydrogens (tertiary/aromatic N) is 2. The Balaban J connectivity index is 2.15. The molecule has 2 aromatic rings. The summed E-state index contributed by atoms with van der Waals surface area (Å²) in [7, 11) is 1.53. The number of carbonyl (C=O) groups excluding carboxylic acids is 1. The molecule has 118 valence electrons. The molecule has 0 radical (unpaired) electrons. The van der Waals surface area contributed by atoms with Crippen LogP contribution in [0.25, 0.3) is 0 Å². The number of alkyl halides is 2. The van der Waals surface area contributed by atoms with Gasteiger partial charge in [-0.3, -0.25) is 9.48 Å². The number of nitrogens with one attached hydrogen (secondary N) is 1. The Morgan fingerprint density at radius 2 is 2.09 bits per heavy atom. The molecular weight excluding hydrogens is 292 g/mol. The van der Waals surface area contributed by atoms with Crippen molar-refractivity contribution in [3.05, 3.63) is 41.7 Å². The summed E-state index contributed by atoms with van der Waals surface area (Å²) in [5.41, 5.74) is 0.734. The van der Waals surface area contributed by atoms with Crippen LogP contribution < -0.4 is 10.1 Å². The summed E-state index contributed by atoms with van der Waals surface area (Å²) in [6, 6.07) is 7.45. The van der Waals surface area contributed by atoms with E-state index in [9.17, 15) is 13.6 Å². The number of halogens is 2. The van der Waals surface area contributed by atoms with E-state index in [2.05, 4.69) is 10.4 Å². The first kappa shape index (κ1) is 15.9. The van der Waals surface area contributed by atoms with Crippen LogP contribution in [0.4, 0.5) is 14.5 Å². The highest BCUT2D eigenvalue weighted by Gasteiger charge is 2.21. The van der Waals surface area contributed by atoms with Crippen molar-refractivity contribution in [2.75, 3.05) is 12.4 Å². The molecular formula is C15H17F2N3O2. The van der Waals surface area contributed by atoms with Crippen LogP contribution in [0.15, 0.2) is 30.3 Å². The standard InChI is InChI=1S/C15H17F2N3O2/c1-9-7-13(14(16)17)19-20(9)10(2)15(21)18-11-5-4-6-12(8-11)22-3/h4-8,10,14H,1-3H3,(H,18,21). The molecule has 0 saturated carbocycles. The third-order valence-corrected chi connectivity index (χ3v) is 3.25. The van der Waals surface area contributed by atoms with Gasteiger partial charge in [-0.1, -0.05) is 6.07 Å². The van der Waals surface area contributed by atoms with E-state index in [0.29, 0.717) is 17.1 Å². The minimum absolute atomic E-state index is 0.335. The molecule has 1 heterocycles. The average Bonchev–Trinajstić information content (AvgIpc) is 2.88. The third kappa shape index (κ3) is 3.41. The lowest BCUT2D eigenvalue weighted by Gasteiger charge is -2.15. The number of aromatic nitrogens is 2. The van der Waals surface area contributed by atoms with Crippen LogP contribution in [-0.4, -0.2) is 22.8 Å². The van der Waals surface area contributed by atoms with Crippen molar-refractivity contribution < 1.29 is 18.3 Å². The van der Waals surface area contributed by atoms with Crippen LogP contribution in [-0.2, 0) is 4.79 Å². The van der Waals surface area contributed by atoms with Gasteiger partial charge in [0.25, 0.3) is 6.43 Å². The van der Waals surface area contributed by atoms with E-state index in [-0.39, 0.29) is 11.6 Å². The normalized spacial score (nSPS) is 12.3. The summed E-state index contributed by atoms with van der Waals surface area (Å²) in [4.78, 5) is 12.2. The smallest absolute Gasteiger partial charge is 0.282 e. The van der Waals surface area contributed by atoms with Crippen molar-refractivity contribution in [2.45, 2.75) is 26.3 Å². The highest BCUT2D eigenvalue weighted by molar-refractivity contribution is 5.93. The second kappa shape index (κ2) is 6.55. The highest BCUT2D eigenvalue weighted by atomic mass is 19.3. The van der Waals surface area contributed by atoms with Gasteiger partial charge in [0.05, 0.1) is 7.11 Å². The van der Waals surface area contributed by atoms with Crippen LogP contribution in [0.3, 0.4) is 0 Å². The predicted octanol–water partition coefficient (Wildman–Crippen LogP) is 3.34. The minimum atomic E-state index is -2.66. The average molecular weight is 309 g/mol. The van der Waals surface area contributed by atoms with Gasteiger partial charge in [0.1, 0.15) is 17.5 Å². The maximum atomic E-state index is 12.7. The van der Waals surface area contributed by atoms with Gasteiger partial charge in [-0.25, -0.2) is 8.78 Å². The summed E-state index contributed by atoms with van der Waals surface area (Å²) in [5.74, 6) is 0.265. The number of benzene rings is 1. The molecule has 0 spiro atoms. The number of ether oxygens (including phenoxy) is 1. The highest BCUT2D eigenvalue weighted by Crippen LogP contribution is 2.22. The number of hydrogen-bond acceptors (Lipinski definition) is 3. The monoisotopic (exact) mass is 309 g/mol. The van der Waals surface area contributed by atoms with Crippen LogP contribution in [0.2, 0.25) is 0 Å². The fourth-order valence-electron chi connectivity index (χ4n) is 2.07. The van der Waals surface area contributed by atoms with Crippen LogP contribution in [0, 0.1) is 6.92 Å². The van der Waals surface area contributed by atoms with Gasteiger partial charge >= 0.3 is 0 Å². The van der Waals surface area contributed by atoms with E-state index in [1.165, 1.54) is 17.9 Å². The SMILES string of the molecule is COc1cccc(NC(=O)C(C)n2nc(C(F)F)cc2C)c1. The number of methoxy groups -OCH3 is 1. The predicted molar refractivity (Wildman–Crippen MR) is 78.3 cm³/mol. The lowest BCUT2D eigenvalue weighted by Crippen LogP contribution is -2.25. The maximum absolute atomic E-state index is 12.7. The van der Waals surface area contributed by atoms with Crippen molar-refractivity contribution in [1.82, 2.24) is 9.78 Å². The number of carbonyl (C=O) groups is 1. The Bertz CT molecular complexity index is 671. The first-order chi connectivity index (χ1) is 10.4. The molecule has 22 heavy (non-hydrogen) atoms. The summed E-state index contributed by atoms with van der Waals surface area (Å²) in [6.45, 7) is 3.24. The van der Waals surface area contributed by atoms with Crippen molar-refractivity contribution in [3.8, 4) is 5.75 Å². The summed E-state index contributed by atoms with van der Waals surface area (Å²) in [5, 5.41) is 6.50. The lowest BCUT2D eigenvalue weighted by atomic mass is 10.2. The van der Waals surface area contributed by atoms with Gasteiger partial charge in [0.15, 0.2) is 0 Å². The minimum Gasteiger partial charge on any atom is -0.497 e. The van der Waals surface area contributed by atoms with Gasteiger partial charge in [-0.05, 0) is 32.0 Å². The number of anilines is 1. The van der Waals surface area contributed by atoms with Crippen LogP contribution in [0.5, 0.6) is 5.75 Å². The molecule has 0 aliphatic carbocycles. The van der Waals surface area contributed by atoms with E-state index in [1.54, 1.807) is 38.1 Å². The summed E-state index contributed by atoms with van der Waals surface area (Å²) in [6.07, 6.45) is -2.66. The summed E-state index contributed by atoms with van der Waals surface area (Å²) < 4.78 is 31.7. The molecule has 7 heteroatoms. The lowest BCUT2D eigenvalue weighted by molar-refractivity contribution is -0.119. The van der Waals surface area contributed by atoms with E-state index in [4.69, 9.17) is 4.74 Å². The van der Waals surface area contributed by atoms with Crippen molar-refractivity contribution in [3.63, 3.8) is 0 Å². The molecule has 1 amide bonds. The van der Waals surface area contributed by atoms with Crippen LogP contribution >= 0.6 is 0 Å². The Hall–Kier alpha value is -2.44. The molecule has 0 fully saturated rings. The molecule has 1 aromatic heterocycles. The summed E-state index contributed by atoms with van der Waals surface area (Å²) >= 11 is 0. The van der Waals surface area contributed by atoms with Gasteiger partial charge in [0.2, 0.25) is 5.91 Å². The zero-order valence-corrected chi connectivity index (χ0v) is 12.5. The Labute approximate surface area is 126 Å². The van der Waals surface area contributed by atoms with Crippen LogP contribution in [0.1, 0.15) is 30.8 Å². The Morgan fingerprint density at radius 1 is 1.36 bits per heavy atom. The molecule has 0 aliphatic rings. The zero-order valence-electron chi connectivity index (χ0n) is 12.5. The first-order valence-electron chi connectivity index (χ1n) is 6.71.